The number of carbonyl (C=O) groups is 1. The van der Waals surface area contributed by atoms with Crippen LogP contribution in [-0.2, 0) is 0 Å². The number of rotatable bonds is 3. The van der Waals surface area contributed by atoms with E-state index in [9.17, 15) is 4.79 Å². The minimum absolute atomic E-state index is 0.0262. The average Bonchev–Trinajstić information content (AvgIpc) is 2.90. The molecule has 0 saturated heterocycles. The number of nitrogens with zero attached hydrogens (tertiary/aromatic N) is 3. The normalized spacial score (nSPS) is 10.7. The highest BCUT2D eigenvalue weighted by Crippen LogP contribution is 2.30. The van der Waals surface area contributed by atoms with Crippen LogP contribution >= 0.6 is 11.3 Å². The largest absolute Gasteiger partial charge is 0.362 e. The molecule has 100 valence electrons. The third-order valence-electron chi connectivity index (χ3n) is 2.99. The molecule has 0 bridgehead atoms. The molecule has 0 radical (unpaired) electrons. The van der Waals surface area contributed by atoms with E-state index in [0.29, 0.717) is 10.4 Å². The number of hydrogen-bond donors (Lipinski definition) is 0. The molecular weight excluding hydrogens is 270 g/mol. The van der Waals surface area contributed by atoms with Crippen molar-refractivity contribution in [2.75, 3.05) is 19.0 Å². The van der Waals surface area contributed by atoms with Gasteiger partial charge in [-0.05, 0) is 6.07 Å². The number of fused-ring (bicyclic) bond motifs is 1. The van der Waals surface area contributed by atoms with Crippen molar-refractivity contribution in [1.29, 1.82) is 0 Å². The van der Waals surface area contributed by atoms with Crippen molar-refractivity contribution in [2.24, 2.45) is 0 Å². The molecule has 20 heavy (non-hydrogen) atoms. The molecule has 0 unspecified atom stereocenters. The van der Waals surface area contributed by atoms with Crippen LogP contribution in [0.2, 0.25) is 0 Å². The summed E-state index contributed by atoms with van der Waals surface area (Å²) in [7, 11) is 3.86. The lowest BCUT2D eigenvalue weighted by Gasteiger charge is -2.10. The molecule has 3 rings (SSSR count). The summed E-state index contributed by atoms with van der Waals surface area (Å²) >= 11 is 1.40. The summed E-state index contributed by atoms with van der Waals surface area (Å²) < 4.78 is 0. The van der Waals surface area contributed by atoms with Crippen LogP contribution in [0.4, 0.5) is 5.82 Å². The molecular formula is C15H13N3OS. The average molecular weight is 283 g/mol. The SMILES string of the molecule is CN(C)c1ncnc2sc(C(=O)c3ccccc3)cc12. The summed E-state index contributed by atoms with van der Waals surface area (Å²) in [6.45, 7) is 0. The lowest BCUT2D eigenvalue weighted by atomic mass is 10.1. The van der Waals surface area contributed by atoms with E-state index < -0.39 is 0 Å². The number of thiophene rings is 1. The predicted molar refractivity (Wildman–Crippen MR) is 81.6 cm³/mol. The smallest absolute Gasteiger partial charge is 0.203 e. The van der Waals surface area contributed by atoms with Gasteiger partial charge in [0, 0.05) is 19.7 Å². The van der Waals surface area contributed by atoms with Crippen LogP contribution < -0.4 is 4.90 Å². The molecule has 2 heterocycles. The fourth-order valence-corrected chi connectivity index (χ4v) is 3.00. The third-order valence-corrected chi connectivity index (χ3v) is 4.03. The van der Waals surface area contributed by atoms with Gasteiger partial charge in [0.05, 0.1) is 10.3 Å². The molecule has 0 aliphatic heterocycles. The van der Waals surface area contributed by atoms with E-state index in [-0.39, 0.29) is 5.78 Å². The molecule has 0 aliphatic rings. The van der Waals surface area contributed by atoms with Crippen molar-refractivity contribution < 1.29 is 4.79 Å². The predicted octanol–water partition coefficient (Wildman–Crippen LogP) is 2.99. The van der Waals surface area contributed by atoms with E-state index >= 15 is 0 Å². The Morgan fingerprint density at radius 2 is 1.90 bits per heavy atom. The summed E-state index contributed by atoms with van der Waals surface area (Å²) in [6, 6.07) is 11.2. The second kappa shape index (κ2) is 5.02. The summed E-state index contributed by atoms with van der Waals surface area (Å²) in [5.74, 6) is 0.858. The molecule has 0 aliphatic carbocycles. The van der Waals surface area contributed by atoms with Crippen LogP contribution in [0.25, 0.3) is 10.2 Å². The first kappa shape index (κ1) is 12.7. The van der Waals surface area contributed by atoms with Gasteiger partial charge in [-0.3, -0.25) is 4.79 Å². The van der Waals surface area contributed by atoms with Crippen molar-refractivity contribution in [3.05, 3.63) is 53.2 Å². The van der Waals surface area contributed by atoms with Gasteiger partial charge in [0.15, 0.2) is 0 Å². The number of anilines is 1. The topological polar surface area (TPSA) is 46.1 Å². The summed E-state index contributed by atoms with van der Waals surface area (Å²) in [6.07, 6.45) is 1.53. The van der Waals surface area contributed by atoms with Crippen LogP contribution in [-0.4, -0.2) is 29.8 Å². The number of benzene rings is 1. The number of aromatic nitrogens is 2. The Labute approximate surface area is 120 Å². The Kier molecular flexibility index (Phi) is 3.20. The molecule has 0 amide bonds. The number of ketones is 1. The van der Waals surface area contributed by atoms with Gasteiger partial charge in [0.25, 0.3) is 0 Å². The highest BCUT2D eigenvalue weighted by Gasteiger charge is 2.15. The van der Waals surface area contributed by atoms with Crippen LogP contribution in [0.1, 0.15) is 15.2 Å². The monoisotopic (exact) mass is 283 g/mol. The first-order chi connectivity index (χ1) is 9.66. The van der Waals surface area contributed by atoms with E-state index in [1.165, 1.54) is 17.7 Å². The van der Waals surface area contributed by atoms with Crippen molar-refractivity contribution in [2.45, 2.75) is 0 Å². The van der Waals surface area contributed by atoms with Crippen molar-refractivity contribution in [3.63, 3.8) is 0 Å². The second-order valence-corrected chi connectivity index (χ2v) is 5.65. The molecule has 1 aromatic carbocycles. The van der Waals surface area contributed by atoms with Gasteiger partial charge < -0.3 is 4.90 Å². The van der Waals surface area contributed by atoms with Gasteiger partial charge in [0.2, 0.25) is 5.78 Å². The van der Waals surface area contributed by atoms with E-state index in [1.54, 1.807) is 0 Å². The Morgan fingerprint density at radius 3 is 2.60 bits per heavy atom. The maximum atomic E-state index is 12.4. The Bertz CT molecular complexity index is 765. The standard InChI is InChI=1S/C15H13N3OS/c1-18(2)14-11-8-12(20-15(11)17-9-16-14)13(19)10-6-4-3-5-7-10/h3-9H,1-2H3. The fraction of sp³-hybridized carbons (Fsp3) is 0.133. The molecule has 0 saturated carbocycles. The van der Waals surface area contributed by atoms with Crippen molar-refractivity contribution >= 4 is 33.2 Å². The lowest BCUT2D eigenvalue weighted by molar-refractivity contribution is 0.104. The van der Waals surface area contributed by atoms with Crippen molar-refractivity contribution in [1.82, 2.24) is 9.97 Å². The first-order valence-electron chi connectivity index (χ1n) is 6.18. The first-order valence-corrected chi connectivity index (χ1v) is 7.00. The van der Waals surface area contributed by atoms with Crippen LogP contribution in [0.3, 0.4) is 0 Å². The summed E-state index contributed by atoms with van der Waals surface area (Å²) in [4.78, 5) is 24.4. The second-order valence-electron chi connectivity index (χ2n) is 4.62. The van der Waals surface area contributed by atoms with Gasteiger partial charge in [-0.2, -0.15) is 0 Å². The van der Waals surface area contributed by atoms with Gasteiger partial charge in [-0.15, -0.1) is 11.3 Å². The molecule has 5 heteroatoms. The molecule has 0 N–H and O–H groups in total. The quantitative estimate of drug-likeness (QED) is 0.693. The van der Waals surface area contributed by atoms with Crippen LogP contribution in [0.5, 0.6) is 0 Å². The fourth-order valence-electron chi connectivity index (χ4n) is 2.04. The number of hydrogen-bond acceptors (Lipinski definition) is 5. The summed E-state index contributed by atoms with van der Waals surface area (Å²) in [5.41, 5.74) is 0.693. The van der Waals surface area contributed by atoms with Gasteiger partial charge in [-0.1, -0.05) is 30.3 Å². The number of carbonyl (C=O) groups excluding carboxylic acids is 1. The third kappa shape index (κ3) is 2.16. The Morgan fingerprint density at radius 1 is 1.15 bits per heavy atom. The van der Waals surface area contributed by atoms with Crippen LogP contribution in [0.15, 0.2) is 42.7 Å². The van der Waals surface area contributed by atoms with Gasteiger partial charge >= 0.3 is 0 Å². The van der Waals surface area contributed by atoms with Gasteiger partial charge in [0.1, 0.15) is 17.0 Å². The molecule has 4 nitrogen and oxygen atoms in total. The minimum Gasteiger partial charge on any atom is -0.362 e. The highest BCUT2D eigenvalue weighted by atomic mass is 32.1. The zero-order valence-electron chi connectivity index (χ0n) is 11.2. The molecule has 0 fully saturated rings. The molecule has 0 spiro atoms. The van der Waals surface area contributed by atoms with Crippen molar-refractivity contribution in [3.8, 4) is 0 Å². The maximum absolute atomic E-state index is 12.4. The van der Waals surface area contributed by atoms with E-state index in [4.69, 9.17) is 0 Å². The van der Waals surface area contributed by atoms with Gasteiger partial charge in [-0.25, -0.2) is 9.97 Å². The maximum Gasteiger partial charge on any atom is 0.203 e. The van der Waals surface area contributed by atoms with E-state index in [0.717, 1.165) is 16.0 Å². The Hall–Kier alpha value is -2.27. The summed E-state index contributed by atoms with van der Waals surface area (Å²) in [5, 5.41) is 0.918. The van der Waals surface area contributed by atoms with E-state index in [1.807, 2.05) is 55.4 Å². The highest BCUT2D eigenvalue weighted by molar-refractivity contribution is 7.20. The van der Waals surface area contributed by atoms with Crippen LogP contribution in [0, 0.1) is 0 Å². The molecule has 3 aromatic rings. The van der Waals surface area contributed by atoms with E-state index in [2.05, 4.69) is 9.97 Å². The molecule has 0 atom stereocenters. The molecule has 2 aromatic heterocycles. The minimum atomic E-state index is 0.0262. The Balaban J connectivity index is 2.10. The zero-order chi connectivity index (χ0) is 14.1. The lowest BCUT2D eigenvalue weighted by Crippen LogP contribution is -2.10. The zero-order valence-corrected chi connectivity index (χ0v) is 12.0.